The number of nitrogens with one attached hydrogen (secondary N) is 2. The van der Waals surface area contributed by atoms with Crippen molar-refractivity contribution in [2.45, 2.75) is 32.1 Å². The Morgan fingerprint density at radius 2 is 1.94 bits per heavy atom. The Balaban J connectivity index is 1.36. The zero-order valence-electron chi connectivity index (χ0n) is 17.7. The molecule has 1 saturated heterocycles. The van der Waals surface area contributed by atoms with Crippen molar-refractivity contribution < 1.29 is 0 Å². The molecular weight excluding hydrogens is 384 g/mol. The number of rotatable bonds is 5. The topological polar surface area (TPSA) is 75.6 Å². The molecule has 0 spiro atoms. The van der Waals surface area contributed by atoms with Gasteiger partial charge in [-0.3, -0.25) is 0 Å². The number of piperidine rings is 1. The molecule has 0 saturated carbocycles. The number of hydrogen-bond donors (Lipinski definition) is 2. The fourth-order valence-corrected chi connectivity index (χ4v) is 4.31. The Bertz CT molecular complexity index is 1200. The van der Waals surface area contributed by atoms with Crippen LogP contribution in [-0.2, 0) is 6.42 Å². The third-order valence-electron chi connectivity index (χ3n) is 5.96. The van der Waals surface area contributed by atoms with Crippen LogP contribution in [0, 0.1) is 6.92 Å². The lowest BCUT2D eigenvalue weighted by Crippen LogP contribution is -2.26. The molecule has 0 amide bonds. The van der Waals surface area contributed by atoms with Gasteiger partial charge in [0.1, 0.15) is 11.6 Å². The standard InChI is InChI=1S/C25H26N6/c1-17-4-2-7-21-22(16-28-31-25(17)21)29-23-10-13-27-24(30-23)15-18-5-3-6-20(14-18)19-8-11-26-12-9-19/h2-7,10,13-14,16,19,26H,8-9,11-12,15H2,1H3,(H,27,29,30,31). The van der Waals surface area contributed by atoms with Crippen LogP contribution in [-0.4, -0.2) is 33.3 Å². The summed E-state index contributed by atoms with van der Waals surface area (Å²) in [5, 5.41) is 16.3. The molecule has 6 nitrogen and oxygen atoms in total. The normalized spacial score (nSPS) is 14.6. The maximum atomic E-state index is 4.75. The molecule has 0 aliphatic carbocycles. The molecule has 6 heteroatoms. The summed E-state index contributed by atoms with van der Waals surface area (Å²) in [5.74, 6) is 2.20. The van der Waals surface area contributed by atoms with Crippen molar-refractivity contribution in [1.29, 1.82) is 0 Å². The quantitative estimate of drug-likeness (QED) is 0.503. The van der Waals surface area contributed by atoms with Crippen molar-refractivity contribution >= 4 is 22.4 Å². The molecule has 156 valence electrons. The van der Waals surface area contributed by atoms with Crippen molar-refractivity contribution in [2.24, 2.45) is 0 Å². The molecule has 0 bridgehead atoms. The molecule has 2 aromatic heterocycles. The van der Waals surface area contributed by atoms with Crippen molar-refractivity contribution in [3.63, 3.8) is 0 Å². The fraction of sp³-hybridized carbons (Fsp3) is 0.280. The van der Waals surface area contributed by atoms with Crippen LogP contribution in [0.1, 0.15) is 41.3 Å². The Morgan fingerprint density at radius 3 is 2.84 bits per heavy atom. The van der Waals surface area contributed by atoms with Crippen molar-refractivity contribution in [3.8, 4) is 0 Å². The summed E-state index contributed by atoms with van der Waals surface area (Å²) in [7, 11) is 0. The number of fused-ring (bicyclic) bond motifs is 1. The lowest BCUT2D eigenvalue weighted by Gasteiger charge is -2.23. The molecule has 1 fully saturated rings. The molecule has 2 aromatic carbocycles. The van der Waals surface area contributed by atoms with Gasteiger partial charge >= 0.3 is 0 Å². The first kappa shape index (κ1) is 19.6. The molecule has 3 heterocycles. The summed E-state index contributed by atoms with van der Waals surface area (Å²) >= 11 is 0. The maximum Gasteiger partial charge on any atom is 0.135 e. The van der Waals surface area contributed by atoms with Crippen LogP contribution < -0.4 is 10.6 Å². The zero-order valence-corrected chi connectivity index (χ0v) is 17.7. The first-order chi connectivity index (χ1) is 15.3. The predicted molar refractivity (Wildman–Crippen MR) is 124 cm³/mol. The average molecular weight is 411 g/mol. The Kier molecular flexibility index (Phi) is 5.54. The molecule has 5 rings (SSSR count). The molecule has 0 radical (unpaired) electrons. The summed E-state index contributed by atoms with van der Waals surface area (Å²) in [4.78, 5) is 9.26. The summed E-state index contributed by atoms with van der Waals surface area (Å²) in [6.07, 6.45) is 6.66. The van der Waals surface area contributed by atoms with Gasteiger partial charge in [0.15, 0.2) is 0 Å². The lowest BCUT2D eigenvalue weighted by molar-refractivity contribution is 0.460. The van der Waals surface area contributed by atoms with Gasteiger partial charge in [-0.15, -0.1) is 0 Å². The van der Waals surface area contributed by atoms with Crippen LogP contribution >= 0.6 is 0 Å². The van der Waals surface area contributed by atoms with Crippen molar-refractivity contribution in [3.05, 3.63) is 83.4 Å². The third kappa shape index (κ3) is 4.39. The molecule has 4 aromatic rings. The summed E-state index contributed by atoms with van der Waals surface area (Å²) in [6, 6.07) is 16.9. The van der Waals surface area contributed by atoms with Gasteiger partial charge < -0.3 is 10.6 Å². The minimum atomic E-state index is 0.644. The molecule has 31 heavy (non-hydrogen) atoms. The molecule has 1 aliphatic rings. The van der Waals surface area contributed by atoms with E-state index in [1.54, 1.807) is 6.20 Å². The van der Waals surface area contributed by atoms with Crippen molar-refractivity contribution in [2.75, 3.05) is 18.4 Å². The molecule has 0 unspecified atom stereocenters. The second-order valence-corrected chi connectivity index (χ2v) is 8.16. The molecule has 2 N–H and O–H groups in total. The highest BCUT2D eigenvalue weighted by molar-refractivity contribution is 5.93. The smallest absolute Gasteiger partial charge is 0.135 e. The van der Waals surface area contributed by atoms with Crippen molar-refractivity contribution in [1.82, 2.24) is 25.5 Å². The van der Waals surface area contributed by atoms with Crippen LogP contribution in [0.3, 0.4) is 0 Å². The fourth-order valence-electron chi connectivity index (χ4n) is 4.31. The number of aryl methyl sites for hydroxylation is 1. The highest BCUT2D eigenvalue weighted by atomic mass is 15.1. The van der Waals surface area contributed by atoms with E-state index in [4.69, 9.17) is 4.98 Å². The Hall–Kier alpha value is -3.38. The SMILES string of the molecule is Cc1cccc2c(Nc3ccnc(Cc4cccc(C5CCNCC5)c4)n3)cnnc12. The van der Waals surface area contributed by atoms with Gasteiger partial charge in [-0.1, -0.05) is 42.5 Å². The van der Waals surface area contributed by atoms with Gasteiger partial charge in [-0.05, 0) is 61.5 Å². The van der Waals surface area contributed by atoms with Crippen LogP contribution in [0.25, 0.3) is 10.9 Å². The number of hydrogen-bond acceptors (Lipinski definition) is 6. The predicted octanol–water partition coefficient (Wildman–Crippen LogP) is 4.53. The molecular formula is C25H26N6. The number of nitrogens with zero attached hydrogens (tertiary/aromatic N) is 4. The van der Waals surface area contributed by atoms with E-state index in [0.29, 0.717) is 12.3 Å². The van der Waals surface area contributed by atoms with Gasteiger partial charge in [-0.25, -0.2) is 9.97 Å². The van der Waals surface area contributed by atoms with E-state index in [-0.39, 0.29) is 0 Å². The van der Waals surface area contributed by atoms with E-state index in [1.807, 2.05) is 37.4 Å². The van der Waals surface area contributed by atoms with Gasteiger partial charge in [0.05, 0.1) is 17.4 Å². The summed E-state index contributed by atoms with van der Waals surface area (Å²) in [6.45, 7) is 4.25. The molecule has 1 aliphatic heterocycles. The monoisotopic (exact) mass is 410 g/mol. The number of anilines is 2. The Morgan fingerprint density at radius 1 is 1.06 bits per heavy atom. The highest BCUT2D eigenvalue weighted by Gasteiger charge is 2.15. The summed E-state index contributed by atoms with van der Waals surface area (Å²) < 4.78 is 0. The minimum absolute atomic E-state index is 0.644. The maximum absolute atomic E-state index is 4.75. The highest BCUT2D eigenvalue weighted by Crippen LogP contribution is 2.27. The average Bonchev–Trinajstić information content (AvgIpc) is 2.81. The van der Waals surface area contributed by atoms with E-state index >= 15 is 0 Å². The number of benzene rings is 2. The molecule has 0 atom stereocenters. The van der Waals surface area contributed by atoms with E-state index < -0.39 is 0 Å². The van der Waals surface area contributed by atoms with Crippen LogP contribution in [0.4, 0.5) is 11.5 Å². The third-order valence-corrected chi connectivity index (χ3v) is 5.96. The van der Waals surface area contributed by atoms with Crippen LogP contribution in [0.15, 0.2) is 60.9 Å². The second kappa shape index (κ2) is 8.78. The van der Waals surface area contributed by atoms with Gasteiger partial charge in [0.25, 0.3) is 0 Å². The first-order valence-electron chi connectivity index (χ1n) is 10.9. The number of aromatic nitrogens is 4. The van der Waals surface area contributed by atoms with E-state index in [1.165, 1.54) is 24.0 Å². The second-order valence-electron chi connectivity index (χ2n) is 8.16. The van der Waals surface area contributed by atoms with Gasteiger partial charge in [0, 0.05) is 18.0 Å². The van der Waals surface area contributed by atoms with Crippen LogP contribution in [0.2, 0.25) is 0 Å². The van der Waals surface area contributed by atoms with Gasteiger partial charge in [-0.2, -0.15) is 10.2 Å². The lowest BCUT2D eigenvalue weighted by atomic mass is 9.89. The van der Waals surface area contributed by atoms with E-state index in [9.17, 15) is 0 Å². The largest absolute Gasteiger partial charge is 0.338 e. The van der Waals surface area contributed by atoms with Crippen LogP contribution in [0.5, 0.6) is 0 Å². The zero-order chi connectivity index (χ0) is 21.0. The first-order valence-corrected chi connectivity index (χ1v) is 10.9. The Labute approximate surface area is 182 Å². The van der Waals surface area contributed by atoms with Gasteiger partial charge in [0.2, 0.25) is 0 Å². The summed E-state index contributed by atoms with van der Waals surface area (Å²) in [5.41, 5.74) is 5.58. The van der Waals surface area contributed by atoms with E-state index in [0.717, 1.165) is 46.9 Å². The minimum Gasteiger partial charge on any atom is -0.338 e. The van der Waals surface area contributed by atoms with E-state index in [2.05, 4.69) is 50.1 Å².